The standard InChI is InChI=1S/C37H62BN/c1-3-15-27(16-4-1)38-33-23-11-7-19-29(33)37(30-20-8-12-24-34(30)38)31-21-9-13-25-35(31)39(28-17-5-2-6-18-28)36-26-14-10-22-32(36)37/h27-36H,1-26H2. The van der Waals surface area contributed by atoms with Crippen LogP contribution in [0.15, 0.2) is 0 Å². The highest BCUT2D eigenvalue weighted by Gasteiger charge is 2.70. The molecule has 2 heteroatoms. The molecule has 8 atom stereocenters. The molecule has 2 aliphatic heterocycles. The topological polar surface area (TPSA) is 3.24 Å². The summed E-state index contributed by atoms with van der Waals surface area (Å²) in [5, 5.41) is 0. The molecule has 1 spiro atoms. The fourth-order valence-corrected chi connectivity index (χ4v) is 14.9. The Morgan fingerprint density at radius 2 is 0.795 bits per heavy atom. The van der Waals surface area contributed by atoms with Gasteiger partial charge in [0.05, 0.1) is 0 Å². The van der Waals surface area contributed by atoms with Gasteiger partial charge in [-0.2, -0.15) is 0 Å². The summed E-state index contributed by atoms with van der Waals surface area (Å²) < 4.78 is 0. The van der Waals surface area contributed by atoms with E-state index in [1.54, 1.807) is 148 Å². The van der Waals surface area contributed by atoms with Gasteiger partial charge >= 0.3 is 0 Å². The summed E-state index contributed by atoms with van der Waals surface area (Å²) in [5.41, 5.74) is 0.739. The summed E-state index contributed by atoms with van der Waals surface area (Å²) >= 11 is 0. The monoisotopic (exact) mass is 531 g/mol. The SMILES string of the molecule is C1CCC(B2C3CCCCC3C3(C4CCCCC24)C2CCCCC2N(C2CCCCC2)C2CCCCC23)CC1. The van der Waals surface area contributed by atoms with Gasteiger partial charge in [-0.3, -0.25) is 4.90 Å². The molecule has 0 aromatic rings. The predicted octanol–water partition coefficient (Wildman–Crippen LogP) is 10.7. The van der Waals surface area contributed by atoms with E-state index < -0.39 is 0 Å². The lowest BCUT2D eigenvalue weighted by atomic mass is 9.15. The van der Waals surface area contributed by atoms with Gasteiger partial charge in [0.2, 0.25) is 0 Å². The summed E-state index contributed by atoms with van der Waals surface area (Å²) in [4.78, 5) is 3.39. The minimum absolute atomic E-state index is 0.739. The van der Waals surface area contributed by atoms with Crippen LogP contribution in [0.5, 0.6) is 0 Å². The van der Waals surface area contributed by atoms with Crippen LogP contribution in [0.25, 0.3) is 0 Å². The number of piperidine rings is 1. The van der Waals surface area contributed by atoms with Crippen LogP contribution in [0.4, 0.5) is 0 Å². The molecule has 0 radical (unpaired) electrons. The second-order valence-electron chi connectivity index (χ2n) is 16.7. The van der Waals surface area contributed by atoms with Crippen molar-refractivity contribution < 1.29 is 0 Å². The van der Waals surface area contributed by atoms with Crippen LogP contribution in [0.1, 0.15) is 167 Å². The van der Waals surface area contributed by atoms with Crippen molar-refractivity contribution in [2.45, 2.75) is 203 Å². The normalized spacial score (nSPS) is 48.2. The molecule has 8 aliphatic rings. The summed E-state index contributed by atoms with van der Waals surface area (Å²) in [6.07, 6.45) is 41.1. The lowest BCUT2D eigenvalue weighted by molar-refractivity contribution is -0.215. The van der Waals surface area contributed by atoms with E-state index in [1.807, 2.05) is 0 Å². The van der Waals surface area contributed by atoms with Crippen LogP contribution in [-0.4, -0.2) is 29.7 Å². The van der Waals surface area contributed by atoms with E-state index in [2.05, 4.69) is 4.90 Å². The third-order valence-electron chi connectivity index (χ3n) is 15.6. The first-order valence-corrected chi connectivity index (χ1v) is 19.2. The van der Waals surface area contributed by atoms with E-state index in [1.165, 1.54) is 19.3 Å². The lowest BCUT2D eigenvalue weighted by Gasteiger charge is -2.74. The number of fused-ring (bicyclic) bond motifs is 8. The molecular weight excluding hydrogens is 469 g/mol. The van der Waals surface area contributed by atoms with Gasteiger partial charge < -0.3 is 0 Å². The predicted molar refractivity (Wildman–Crippen MR) is 167 cm³/mol. The maximum Gasteiger partial charge on any atom is 0.150 e. The van der Waals surface area contributed by atoms with Crippen LogP contribution in [0, 0.1) is 29.1 Å². The Hall–Kier alpha value is 0.0249. The van der Waals surface area contributed by atoms with E-state index >= 15 is 0 Å². The fraction of sp³-hybridized carbons (Fsp3) is 1.00. The molecule has 0 N–H and O–H groups in total. The molecule has 2 heterocycles. The van der Waals surface area contributed by atoms with Crippen molar-refractivity contribution in [3.63, 3.8) is 0 Å². The minimum atomic E-state index is 0.739. The minimum Gasteiger partial charge on any atom is -0.294 e. The molecule has 0 aromatic heterocycles. The largest absolute Gasteiger partial charge is 0.294 e. The Morgan fingerprint density at radius 1 is 0.385 bits per heavy atom. The summed E-state index contributed by atoms with van der Waals surface area (Å²) in [6.45, 7) is 1.13. The Labute approximate surface area is 242 Å². The third-order valence-corrected chi connectivity index (χ3v) is 15.6. The molecule has 218 valence electrons. The van der Waals surface area contributed by atoms with Crippen LogP contribution in [0.3, 0.4) is 0 Å². The Kier molecular flexibility index (Phi) is 7.69. The molecule has 39 heavy (non-hydrogen) atoms. The van der Waals surface area contributed by atoms with E-state index in [9.17, 15) is 0 Å². The highest BCUT2D eigenvalue weighted by molar-refractivity contribution is 6.64. The highest BCUT2D eigenvalue weighted by Crippen LogP contribution is 2.74. The lowest BCUT2D eigenvalue weighted by Crippen LogP contribution is -2.73. The summed E-state index contributed by atoms with van der Waals surface area (Å²) in [5.74, 6) is 7.70. The average Bonchev–Trinajstić information content (AvgIpc) is 3.02. The van der Waals surface area contributed by atoms with Gasteiger partial charge in [-0.25, -0.2) is 0 Å². The van der Waals surface area contributed by atoms with E-state index in [4.69, 9.17) is 0 Å². The molecule has 1 nitrogen and oxygen atoms in total. The molecule has 6 aliphatic carbocycles. The Morgan fingerprint density at radius 3 is 1.33 bits per heavy atom. The Balaban J connectivity index is 1.26. The third kappa shape index (κ3) is 4.23. The first-order valence-electron chi connectivity index (χ1n) is 19.2. The second-order valence-corrected chi connectivity index (χ2v) is 16.7. The molecule has 8 fully saturated rings. The maximum absolute atomic E-state index is 3.39. The number of rotatable bonds is 2. The van der Waals surface area contributed by atoms with Crippen LogP contribution < -0.4 is 0 Å². The maximum atomic E-state index is 3.39. The molecule has 6 saturated carbocycles. The van der Waals surface area contributed by atoms with Crippen molar-refractivity contribution in [3.8, 4) is 0 Å². The molecule has 0 amide bonds. The van der Waals surface area contributed by atoms with Gasteiger partial charge in [0, 0.05) is 18.1 Å². The average molecular weight is 532 g/mol. The number of likely N-dealkylation sites (tertiary alicyclic amines) is 1. The number of nitrogens with zero attached hydrogens (tertiary/aromatic N) is 1. The zero-order chi connectivity index (χ0) is 25.8. The summed E-state index contributed by atoms with van der Waals surface area (Å²) in [6, 6.07) is 2.89. The van der Waals surface area contributed by atoms with Crippen molar-refractivity contribution in [2.24, 2.45) is 29.1 Å². The smallest absolute Gasteiger partial charge is 0.150 e. The molecule has 0 bridgehead atoms. The van der Waals surface area contributed by atoms with Gasteiger partial charge in [-0.1, -0.05) is 146 Å². The molecule has 2 saturated heterocycles. The molecule has 0 aromatic carbocycles. The first kappa shape index (κ1) is 26.6. The van der Waals surface area contributed by atoms with Gasteiger partial charge in [0.1, 0.15) is 6.71 Å². The van der Waals surface area contributed by atoms with E-state index in [0.29, 0.717) is 0 Å². The molecule has 8 rings (SSSR count). The van der Waals surface area contributed by atoms with Gasteiger partial charge in [0.25, 0.3) is 0 Å². The van der Waals surface area contributed by atoms with Crippen molar-refractivity contribution >= 4 is 6.71 Å². The quantitative estimate of drug-likeness (QED) is 0.320. The first-order chi connectivity index (χ1) is 19.4. The van der Waals surface area contributed by atoms with Crippen molar-refractivity contribution in [2.75, 3.05) is 0 Å². The Bertz CT molecular complexity index is 708. The fourth-order valence-electron chi connectivity index (χ4n) is 14.9. The van der Waals surface area contributed by atoms with Crippen LogP contribution >= 0.6 is 0 Å². The zero-order valence-electron chi connectivity index (χ0n) is 25.7. The van der Waals surface area contributed by atoms with Crippen molar-refractivity contribution in [1.29, 1.82) is 0 Å². The second kappa shape index (κ2) is 11.3. The number of hydrogen-bond donors (Lipinski definition) is 0. The van der Waals surface area contributed by atoms with Crippen molar-refractivity contribution in [1.82, 2.24) is 4.90 Å². The van der Waals surface area contributed by atoms with Gasteiger partial charge in [0.15, 0.2) is 0 Å². The van der Waals surface area contributed by atoms with Crippen LogP contribution in [-0.2, 0) is 0 Å². The summed E-state index contributed by atoms with van der Waals surface area (Å²) in [7, 11) is 0. The molecular formula is C37H62BN. The highest BCUT2D eigenvalue weighted by atomic mass is 15.2. The van der Waals surface area contributed by atoms with E-state index in [0.717, 1.165) is 71.4 Å². The van der Waals surface area contributed by atoms with Gasteiger partial charge in [-0.05, 0) is 67.6 Å². The van der Waals surface area contributed by atoms with E-state index in [-0.39, 0.29) is 0 Å². The zero-order valence-corrected chi connectivity index (χ0v) is 25.7. The number of hydrogen-bond acceptors (Lipinski definition) is 1. The molecule has 8 unspecified atom stereocenters. The van der Waals surface area contributed by atoms with Gasteiger partial charge in [-0.15, -0.1) is 0 Å². The van der Waals surface area contributed by atoms with Crippen LogP contribution in [0.2, 0.25) is 17.5 Å². The van der Waals surface area contributed by atoms with Crippen molar-refractivity contribution in [3.05, 3.63) is 0 Å².